The van der Waals surface area contributed by atoms with Gasteiger partial charge < -0.3 is 0 Å². The van der Waals surface area contributed by atoms with Gasteiger partial charge in [-0.05, 0) is 100 Å². The van der Waals surface area contributed by atoms with E-state index in [0.29, 0.717) is 0 Å². The molecule has 4 aliphatic rings. The van der Waals surface area contributed by atoms with Crippen LogP contribution in [0.5, 0.6) is 0 Å². The minimum absolute atomic E-state index is 0.103. The lowest BCUT2D eigenvalue weighted by Gasteiger charge is -2.10. The highest BCUT2D eigenvalue weighted by atomic mass is 35.6. The number of nitrogens with zero attached hydrogens (tertiary/aromatic N) is 2. The molecular weight excluding hydrogens is 907 g/mol. The number of carbonyl (C=O) groups excluding carboxylic acids is 2. The maximum atomic E-state index is 13.2. The number of alkyl halides is 3. The molecule has 4 nitrogen and oxygen atoms in total. The SMILES string of the molecule is Cc1cc(C)c(N=C2/C(=C3\Sc4ccccc4C3=O)Sc3ccccc32)c(C)c1.Cc1cc(C)c(N=C2/C(=C3\Sc4ccccc4C3=O)Sc3ccccc32)c(C)c1.ClC(Cl)Cl. The van der Waals surface area contributed by atoms with Crippen LogP contribution in [-0.2, 0) is 0 Å². The molecule has 0 unspecified atom stereocenters. The molecule has 0 radical (unpaired) electrons. The molecule has 310 valence electrons. The van der Waals surface area contributed by atoms with Gasteiger partial charge in [0.25, 0.3) is 0 Å². The third kappa shape index (κ3) is 9.07. The van der Waals surface area contributed by atoms with Crippen molar-refractivity contribution in [2.45, 2.75) is 65.4 Å². The van der Waals surface area contributed by atoms with Gasteiger partial charge in [0.1, 0.15) is 0 Å². The predicted molar refractivity (Wildman–Crippen MR) is 267 cm³/mol. The fourth-order valence-electron chi connectivity index (χ4n) is 7.86. The summed E-state index contributed by atoms with van der Waals surface area (Å²) in [4.78, 5) is 44.5. The molecule has 11 heteroatoms. The maximum absolute atomic E-state index is 13.2. The first-order valence-corrected chi connectivity index (χ1v) is 24.3. The van der Waals surface area contributed by atoms with Gasteiger partial charge in [-0.3, -0.25) is 9.59 Å². The molecule has 0 spiro atoms. The summed E-state index contributed by atoms with van der Waals surface area (Å²) in [5.74, 6) is 0.205. The van der Waals surface area contributed by atoms with Crippen LogP contribution >= 0.6 is 81.9 Å². The lowest BCUT2D eigenvalue weighted by molar-refractivity contribution is 0.103. The molecule has 0 saturated carbocycles. The zero-order valence-corrected chi connectivity index (χ0v) is 40.1. The van der Waals surface area contributed by atoms with E-state index in [1.807, 2.05) is 72.8 Å². The Morgan fingerprint density at radius 3 is 0.968 bits per heavy atom. The number of aliphatic imine (C=N–C) groups is 2. The Labute approximate surface area is 394 Å². The number of aryl methyl sites for hydroxylation is 6. The summed E-state index contributed by atoms with van der Waals surface area (Å²) in [7, 11) is 0. The van der Waals surface area contributed by atoms with Crippen molar-refractivity contribution in [3.8, 4) is 0 Å². The smallest absolute Gasteiger partial charge is 0.202 e. The number of halogens is 3. The number of hydrogen-bond acceptors (Lipinski definition) is 8. The second-order valence-electron chi connectivity index (χ2n) is 15.0. The molecule has 0 N–H and O–H groups in total. The van der Waals surface area contributed by atoms with Crippen LogP contribution in [0.4, 0.5) is 11.4 Å². The molecule has 0 aliphatic carbocycles. The summed E-state index contributed by atoms with van der Waals surface area (Å²) in [6.07, 6.45) is 0. The summed E-state index contributed by atoms with van der Waals surface area (Å²) >= 11 is 20.9. The molecule has 10 rings (SSSR count). The van der Waals surface area contributed by atoms with Crippen molar-refractivity contribution in [2.24, 2.45) is 9.98 Å². The van der Waals surface area contributed by atoms with Crippen LogP contribution in [0.25, 0.3) is 0 Å². The molecular formula is C51H39Cl3N2O2S4. The van der Waals surface area contributed by atoms with Gasteiger partial charge in [-0.2, -0.15) is 0 Å². The third-order valence-corrected chi connectivity index (χ3v) is 15.3. The number of thioether (sulfide) groups is 4. The molecule has 6 aromatic rings. The summed E-state index contributed by atoms with van der Waals surface area (Å²) in [6.45, 7) is 12.6. The lowest BCUT2D eigenvalue weighted by atomic mass is 10.0. The Bertz CT molecular complexity index is 2720. The van der Waals surface area contributed by atoms with E-state index in [-0.39, 0.29) is 11.6 Å². The monoisotopic (exact) mass is 944 g/mol. The molecule has 4 aliphatic heterocycles. The lowest BCUT2D eigenvalue weighted by Crippen LogP contribution is -2.03. The number of Topliss-reactive ketones (excluding diaryl/α,β-unsaturated/α-hetero) is 2. The van der Waals surface area contributed by atoms with Crippen LogP contribution in [0, 0.1) is 41.5 Å². The Morgan fingerprint density at radius 2 is 0.661 bits per heavy atom. The minimum Gasteiger partial charge on any atom is -0.288 e. The van der Waals surface area contributed by atoms with Crippen molar-refractivity contribution >= 4 is 116 Å². The summed E-state index contributed by atoms with van der Waals surface area (Å²) in [5.41, 5.74) is 14.7. The van der Waals surface area contributed by atoms with Crippen molar-refractivity contribution in [2.75, 3.05) is 0 Å². The molecule has 62 heavy (non-hydrogen) atoms. The standard InChI is InChI=1S/2C25H19NOS2.CHCl3/c2*1-14-12-15(2)21(16(3)13-14)26-22-17-8-4-6-10-19(17)28-24(22)25-23(27)18-9-5-7-11-20(18)29-25;2-1(3)4/h2*4-13H,1-3H3;1H/b2*25-24+,26-22?;. The first-order chi connectivity index (χ1) is 29.8. The molecule has 4 heterocycles. The van der Waals surface area contributed by atoms with E-state index in [4.69, 9.17) is 44.8 Å². The normalized spacial score (nSPS) is 18.4. The van der Waals surface area contributed by atoms with Crippen LogP contribution in [0.1, 0.15) is 65.2 Å². The van der Waals surface area contributed by atoms with Crippen molar-refractivity contribution < 1.29 is 9.59 Å². The van der Waals surface area contributed by atoms with Gasteiger partial charge in [0, 0.05) is 41.8 Å². The largest absolute Gasteiger partial charge is 0.288 e. The van der Waals surface area contributed by atoms with Gasteiger partial charge in [-0.1, -0.05) is 178 Å². The molecule has 0 amide bonds. The van der Waals surface area contributed by atoms with E-state index < -0.39 is 4.30 Å². The molecule has 0 atom stereocenters. The summed E-state index contributed by atoms with van der Waals surface area (Å²) < 4.78 is -0.750. The van der Waals surface area contributed by atoms with E-state index in [1.165, 1.54) is 11.1 Å². The summed E-state index contributed by atoms with van der Waals surface area (Å²) in [6, 6.07) is 40.9. The molecule has 0 bridgehead atoms. The Kier molecular flexibility index (Phi) is 13.5. The number of allylic oxidation sites excluding steroid dienone is 4. The molecule has 6 aromatic carbocycles. The molecule has 0 saturated heterocycles. The van der Waals surface area contributed by atoms with Gasteiger partial charge in [0.05, 0.1) is 42.4 Å². The second-order valence-corrected chi connectivity index (χ2v) is 21.2. The number of fused-ring (bicyclic) bond motifs is 4. The van der Waals surface area contributed by atoms with Gasteiger partial charge >= 0.3 is 0 Å². The van der Waals surface area contributed by atoms with Gasteiger partial charge in [0.2, 0.25) is 11.6 Å². The highest BCUT2D eigenvalue weighted by Gasteiger charge is 2.36. The number of rotatable bonds is 2. The average Bonchev–Trinajstić information content (AvgIpc) is 3.98. The van der Waals surface area contributed by atoms with Crippen LogP contribution < -0.4 is 0 Å². The van der Waals surface area contributed by atoms with Crippen molar-refractivity contribution in [3.05, 3.63) is 197 Å². The van der Waals surface area contributed by atoms with E-state index in [2.05, 4.69) is 90.1 Å². The van der Waals surface area contributed by atoms with Gasteiger partial charge in [-0.25, -0.2) is 9.98 Å². The van der Waals surface area contributed by atoms with Crippen molar-refractivity contribution in [1.82, 2.24) is 0 Å². The average molecular weight is 947 g/mol. The fraction of sp³-hybridized carbons (Fsp3) is 0.137. The minimum atomic E-state index is -0.750. The van der Waals surface area contributed by atoms with Crippen LogP contribution in [0.2, 0.25) is 0 Å². The molecule has 0 aromatic heterocycles. The zero-order valence-electron chi connectivity index (χ0n) is 34.6. The Morgan fingerprint density at radius 1 is 0.403 bits per heavy atom. The van der Waals surface area contributed by atoms with Crippen molar-refractivity contribution in [3.63, 3.8) is 0 Å². The van der Waals surface area contributed by atoms with Crippen LogP contribution in [0.3, 0.4) is 0 Å². The number of carbonyl (C=O) groups is 2. The maximum Gasteiger partial charge on any atom is 0.202 e. The van der Waals surface area contributed by atoms with Crippen LogP contribution in [-0.4, -0.2) is 27.3 Å². The first-order valence-electron chi connectivity index (χ1n) is 19.7. The topological polar surface area (TPSA) is 58.9 Å². The van der Waals surface area contributed by atoms with E-state index in [0.717, 1.165) is 107 Å². The van der Waals surface area contributed by atoms with E-state index in [9.17, 15) is 9.59 Å². The zero-order chi connectivity index (χ0) is 43.8. The number of ketones is 2. The Hall–Kier alpha value is -4.25. The van der Waals surface area contributed by atoms with E-state index >= 15 is 0 Å². The highest BCUT2D eigenvalue weighted by Crippen LogP contribution is 2.52. The van der Waals surface area contributed by atoms with Gasteiger partial charge in [0.15, 0.2) is 4.30 Å². The van der Waals surface area contributed by atoms with Crippen LogP contribution in [0.15, 0.2) is 171 Å². The Balaban J connectivity index is 0.000000157. The first kappa shape index (κ1) is 44.4. The summed E-state index contributed by atoms with van der Waals surface area (Å²) in [5, 5.41) is 0. The van der Waals surface area contributed by atoms with E-state index in [1.54, 1.807) is 47.0 Å². The van der Waals surface area contributed by atoms with Gasteiger partial charge in [-0.15, -0.1) is 0 Å². The fourth-order valence-corrected chi connectivity index (χ4v) is 12.6. The molecule has 0 fully saturated rings. The number of hydrogen-bond donors (Lipinski definition) is 0. The third-order valence-electron chi connectivity index (χ3n) is 10.4. The predicted octanol–water partition coefficient (Wildman–Crippen LogP) is 16.1. The quantitative estimate of drug-likeness (QED) is 0.127. The van der Waals surface area contributed by atoms with Crippen molar-refractivity contribution in [1.29, 1.82) is 0 Å². The second kappa shape index (κ2) is 18.8. The number of benzene rings is 6. The highest BCUT2D eigenvalue weighted by molar-refractivity contribution is 8.09.